The van der Waals surface area contributed by atoms with Crippen molar-refractivity contribution in [3.05, 3.63) is 65.9 Å². The highest BCUT2D eigenvalue weighted by atomic mass is 32.1. The maximum atomic E-state index is 12.4. The second-order valence-corrected chi connectivity index (χ2v) is 6.18. The number of carbonyl (C=O) groups is 1. The van der Waals surface area contributed by atoms with Gasteiger partial charge in [-0.25, -0.2) is 4.98 Å². The molecule has 0 unspecified atom stereocenters. The Morgan fingerprint density at radius 3 is 2.80 bits per heavy atom. The molecule has 25 heavy (non-hydrogen) atoms. The van der Waals surface area contributed by atoms with E-state index in [1.807, 2.05) is 43.3 Å². The van der Waals surface area contributed by atoms with E-state index in [4.69, 9.17) is 4.42 Å². The molecule has 3 aromatic heterocycles. The molecule has 0 aliphatic rings. The molecule has 0 saturated carbocycles. The number of anilines is 1. The molecule has 1 aromatic carbocycles. The summed E-state index contributed by atoms with van der Waals surface area (Å²) in [7, 11) is 0. The zero-order valence-corrected chi connectivity index (χ0v) is 14.0. The van der Waals surface area contributed by atoms with Crippen molar-refractivity contribution < 1.29 is 9.21 Å². The van der Waals surface area contributed by atoms with Crippen LogP contribution in [-0.2, 0) is 0 Å². The number of rotatable bonds is 4. The van der Waals surface area contributed by atoms with E-state index in [9.17, 15) is 4.79 Å². The Morgan fingerprint density at radius 1 is 1.20 bits per heavy atom. The first-order valence-electron chi connectivity index (χ1n) is 7.48. The van der Waals surface area contributed by atoms with Gasteiger partial charge in [0.2, 0.25) is 0 Å². The van der Waals surface area contributed by atoms with Crippen LogP contribution in [0.4, 0.5) is 5.69 Å². The number of nitrogens with zero attached hydrogens (tertiary/aromatic N) is 4. The highest BCUT2D eigenvalue weighted by Crippen LogP contribution is 2.26. The fourth-order valence-electron chi connectivity index (χ4n) is 2.31. The number of thiazole rings is 1. The molecule has 0 aliphatic heterocycles. The van der Waals surface area contributed by atoms with Gasteiger partial charge in [0, 0.05) is 11.1 Å². The van der Waals surface area contributed by atoms with Gasteiger partial charge in [-0.1, -0.05) is 6.07 Å². The van der Waals surface area contributed by atoms with Gasteiger partial charge in [0.25, 0.3) is 5.91 Å². The number of hydrogen-bond acceptors (Lipinski definition) is 6. The van der Waals surface area contributed by atoms with Crippen LogP contribution in [0, 0.1) is 6.92 Å². The number of carbonyl (C=O) groups excluding carboxylic acids is 1. The third-order valence-electron chi connectivity index (χ3n) is 3.51. The van der Waals surface area contributed by atoms with E-state index < -0.39 is 0 Å². The van der Waals surface area contributed by atoms with Crippen LogP contribution in [0.3, 0.4) is 0 Å². The Balaban J connectivity index is 1.53. The molecular formula is C17H13N5O2S. The van der Waals surface area contributed by atoms with Gasteiger partial charge in [0.05, 0.1) is 5.69 Å². The largest absolute Gasteiger partial charge is 0.459 e. The highest BCUT2D eigenvalue weighted by molar-refractivity contribution is 7.13. The number of furan rings is 1. The molecule has 0 atom stereocenters. The minimum atomic E-state index is -0.272. The van der Waals surface area contributed by atoms with Crippen LogP contribution in [0.25, 0.3) is 16.5 Å². The lowest BCUT2D eigenvalue weighted by atomic mass is 10.2. The lowest BCUT2D eigenvalue weighted by Gasteiger charge is -2.06. The van der Waals surface area contributed by atoms with Crippen LogP contribution >= 0.6 is 11.3 Å². The van der Waals surface area contributed by atoms with Gasteiger partial charge in [-0.15, -0.1) is 21.5 Å². The maximum absolute atomic E-state index is 12.4. The Morgan fingerprint density at radius 2 is 2.04 bits per heavy atom. The smallest absolute Gasteiger partial charge is 0.275 e. The molecule has 0 fully saturated rings. The molecule has 8 heteroatoms. The van der Waals surface area contributed by atoms with E-state index >= 15 is 0 Å². The molecule has 4 aromatic rings. The van der Waals surface area contributed by atoms with Crippen molar-refractivity contribution >= 4 is 22.9 Å². The van der Waals surface area contributed by atoms with Gasteiger partial charge in [-0.05, 0) is 37.3 Å². The molecule has 4 rings (SSSR count). The second-order valence-electron chi connectivity index (χ2n) is 5.32. The lowest BCUT2D eigenvalue weighted by molar-refractivity contribution is 0.102. The molecule has 1 amide bonds. The first-order valence-corrected chi connectivity index (χ1v) is 8.36. The first kappa shape index (κ1) is 15.3. The normalized spacial score (nSPS) is 10.8. The SMILES string of the molecule is Cc1ccc(-c2nc(C(=O)Nc3cccc(-n4cnnc4)c3)cs2)o1. The standard InChI is InChI=1S/C17H13N5O2S/c1-11-5-6-15(24-11)17-21-14(8-25-17)16(23)20-12-3-2-4-13(7-12)22-9-18-19-10-22/h2-10H,1H3,(H,20,23). The average Bonchev–Trinajstić information content (AvgIpc) is 3.36. The third-order valence-corrected chi connectivity index (χ3v) is 4.37. The van der Waals surface area contributed by atoms with Crippen LogP contribution in [-0.4, -0.2) is 25.7 Å². The molecular weight excluding hydrogens is 338 g/mol. The summed E-state index contributed by atoms with van der Waals surface area (Å²) >= 11 is 1.37. The summed E-state index contributed by atoms with van der Waals surface area (Å²) in [4.78, 5) is 16.8. The topological polar surface area (TPSA) is 85.8 Å². The van der Waals surface area contributed by atoms with Crippen LogP contribution in [0.2, 0.25) is 0 Å². The minimum Gasteiger partial charge on any atom is -0.459 e. The van der Waals surface area contributed by atoms with E-state index in [0.29, 0.717) is 22.1 Å². The van der Waals surface area contributed by atoms with Crippen molar-refractivity contribution in [1.82, 2.24) is 19.7 Å². The molecule has 0 radical (unpaired) electrons. The van der Waals surface area contributed by atoms with E-state index in [-0.39, 0.29) is 5.91 Å². The number of benzene rings is 1. The van der Waals surface area contributed by atoms with Crippen LogP contribution < -0.4 is 5.32 Å². The van der Waals surface area contributed by atoms with Crippen molar-refractivity contribution in [3.8, 4) is 16.5 Å². The van der Waals surface area contributed by atoms with Crippen LogP contribution in [0.1, 0.15) is 16.2 Å². The van der Waals surface area contributed by atoms with Gasteiger partial charge in [-0.2, -0.15) is 0 Å². The van der Waals surface area contributed by atoms with Crippen molar-refractivity contribution in [2.75, 3.05) is 5.32 Å². The van der Waals surface area contributed by atoms with Gasteiger partial charge < -0.3 is 9.73 Å². The molecule has 0 bridgehead atoms. The predicted octanol–water partition coefficient (Wildman–Crippen LogP) is 3.54. The van der Waals surface area contributed by atoms with E-state index in [1.54, 1.807) is 22.6 Å². The Labute approximate surface area is 147 Å². The molecule has 3 heterocycles. The predicted molar refractivity (Wildman–Crippen MR) is 93.9 cm³/mol. The average molecular weight is 351 g/mol. The fraction of sp³-hybridized carbons (Fsp3) is 0.0588. The molecule has 0 spiro atoms. The van der Waals surface area contributed by atoms with Gasteiger partial charge >= 0.3 is 0 Å². The zero-order valence-electron chi connectivity index (χ0n) is 13.2. The summed E-state index contributed by atoms with van der Waals surface area (Å²) in [6.07, 6.45) is 3.19. The summed E-state index contributed by atoms with van der Waals surface area (Å²) < 4.78 is 7.30. The number of amides is 1. The van der Waals surface area contributed by atoms with Crippen molar-refractivity contribution in [2.45, 2.75) is 6.92 Å². The monoisotopic (exact) mass is 351 g/mol. The molecule has 0 aliphatic carbocycles. The van der Waals surface area contributed by atoms with E-state index in [1.165, 1.54) is 11.3 Å². The van der Waals surface area contributed by atoms with Gasteiger partial charge in [-0.3, -0.25) is 9.36 Å². The van der Waals surface area contributed by atoms with Crippen molar-refractivity contribution in [2.24, 2.45) is 0 Å². The van der Waals surface area contributed by atoms with E-state index in [2.05, 4.69) is 20.5 Å². The highest BCUT2D eigenvalue weighted by Gasteiger charge is 2.14. The second kappa shape index (κ2) is 6.33. The van der Waals surface area contributed by atoms with Gasteiger partial charge in [0.15, 0.2) is 10.8 Å². The lowest BCUT2D eigenvalue weighted by Crippen LogP contribution is -2.12. The first-order chi connectivity index (χ1) is 12.2. The number of aromatic nitrogens is 4. The Kier molecular flexibility index (Phi) is 3.87. The van der Waals surface area contributed by atoms with Gasteiger partial charge in [0.1, 0.15) is 24.1 Å². The fourth-order valence-corrected chi connectivity index (χ4v) is 3.07. The molecule has 1 N–H and O–H groups in total. The van der Waals surface area contributed by atoms with Crippen LogP contribution in [0.15, 0.2) is 58.9 Å². The summed E-state index contributed by atoms with van der Waals surface area (Å²) in [5, 5.41) is 12.8. The summed E-state index contributed by atoms with van der Waals surface area (Å²) in [5.41, 5.74) is 1.87. The van der Waals surface area contributed by atoms with Crippen LogP contribution in [0.5, 0.6) is 0 Å². The van der Waals surface area contributed by atoms with Crippen molar-refractivity contribution in [3.63, 3.8) is 0 Å². The summed E-state index contributed by atoms with van der Waals surface area (Å²) in [6, 6.07) is 11.1. The quantitative estimate of drug-likeness (QED) is 0.608. The van der Waals surface area contributed by atoms with Crippen molar-refractivity contribution in [1.29, 1.82) is 0 Å². The Bertz CT molecular complexity index is 1020. The maximum Gasteiger partial charge on any atom is 0.275 e. The summed E-state index contributed by atoms with van der Waals surface area (Å²) in [5.74, 6) is 1.20. The number of aryl methyl sites for hydroxylation is 1. The minimum absolute atomic E-state index is 0.272. The molecule has 7 nitrogen and oxygen atoms in total. The van der Waals surface area contributed by atoms with E-state index in [0.717, 1.165) is 11.4 Å². The molecule has 0 saturated heterocycles. The number of hydrogen-bond donors (Lipinski definition) is 1. The molecule has 124 valence electrons. The number of nitrogens with one attached hydrogen (secondary N) is 1. The summed E-state index contributed by atoms with van der Waals surface area (Å²) in [6.45, 7) is 1.87. The zero-order chi connectivity index (χ0) is 17.2. The third kappa shape index (κ3) is 3.20. The Hall–Kier alpha value is -3.26.